The van der Waals surface area contributed by atoms with Crippen molar-refractivity contribution in [3.8, 4) is 11.5 Å². The number of amides is 3. The Morgan fingerprint density at radius 1 is 1.12 bits per heavy atom. The Morgan fingerprint density at radius 3 is 2.92 bits per heavy atom. The van der Waals surface area contributed by atoms with Gasteiger partial charge in [0.2, 0.25) is 12.7 Å². The number of ether oxygens (including phenoxy) is 2. The molecule has 0 bridgehead atoms. The van der Waals surface area contributed by atoms with Gasteiger partial charge in [0.1, 0.15) is 0 Å². The van der Waals surface area contributed by atoms with E-state index in [1.54, 1.807) is 0 Å². The van der Waals surface area contributed by atoms with Crippen LogP contribution in [0.4, 0.5) is 4.79 Å². The summed E-state index contributed by atoms with van der Waals surface area (Å²) in [7, 11) is 0. The molecule has 0 aliphatic carbocycles. The first kappa shape index (κ1) is 17.4. The fourth-order valence-corrected chi connectivity index (χ4v) is 3.04. The smallest absolute Gasteiger partial charge is 0.315 e. The molecule has 0 unspecified atom stereocenters. The van der Waals surface area contributed by atoms with Gasteiger partial charge >= 0.3 is 6.03 Å². The van der Waals surface area contributed by atoms with Gasteiger partial charge in [-0.3, -0.25) is 4.79 Å². The lowest BCUT2D eigenvalue weighted by Gasteiger charge is -2.20. The molecule has 0 aromatic heterocycles. The van der Waals surface area contributed by atoms with Gasteiger partial charge in [-0.1, -0.05) is 12.5 Å². The van der Waals surface area contributed by atoms with Gasteiger partial charge in [0.25, 0.3) is 0 Å². The summed E-state index contributed by atoms with van der Waals surface area (Å²) in [5.41, 5.74) is 0.953. The van der Waals surface area contributed by atoms with E-state index in [1.807, 2.05) is 23.1 Å². The van der Waals surface area contributed by atoms with Crippen LogP contribution in [-0.2, 0) is 11.3 Å². The SMILES string of the molecule is O=C(NCCCN1CCCCCC1=O)NCc1ccc2c(c1)OCO2. The minimum absolute atomic E-state index is 0.208. The number of hydrogen-bond donors (Lipinski definition) is 2. The molecule has 0 radical (unpaired) electrons. The van der Waals surface area contributed by atoms with Crippen molar-refractivity contribution in [2.24, 2.45) is 0 Å². The minimum Gasteiger partial charge on any atom is -0.454 e. The highest BCUT2D eigenvalue weighted by Gasteiger charge is 2.16. The van der Waals surface area contributed by atoms with Crippen LogP contribution in [0.2, 0.25) is 0 Å². The van der Waals surface area contributed by atoms with Gasteiger partial charge in [-0.2, -0.15) is 0 Å². The van der Waals surface area contributed by atoms with E-state index in [9.17, 15) is 9.59 Å². The van der Waals surface area contributed by atoms with Crippen LogP contribution in [0, 0.1) is 0 Å². The van der Waals surface area contributed by atoms with Crippen molar-refractivity contribution in [1.82, 2.24) is 15.5 Å². The van der Waals surface area contributed by atoms with Gasteiger partial charge in [0.05, 0.1) is 0 Å². The summed E-state index contributed by atoms with van der Waals surface area (Å²) >= 11 is 0. The zero-order chi connectivity index (χ0) is 17.5. The lowest BCUT2D eigenvalue weighted by Crippen LogP contribution is -2.38. The van der Waals surface area contributed by atoms with Crippen LogP contribution in [-0.4, -0.2) is 43.3 Å². The molecule has 1 aromatic rings. The van der Waals surface area contributed by atoms with Crippen LogP contribution in [0.3, 0.4) is 0 Å². The van der Waals surface area contributed by atoms with Crippen molar-refractivity contribution < 1.29 is 19.1 Å². The van der Waals surface area contributed by atoms with Gasteiger partial charge in [-0.05, 0) is 37.0 Å². The molecule has 1 saturated heterocycles. The molecule has 2 heterocycles. The van der Waals surface area contributed by atoms with Crippen LogP contribution in [0.5, 0.6) is 11.5 Å². The maximum atomic E-state index is 11.9. The van der Waals surface area contributed by atoms with E-state index in [4.69, 9.17) is 9.47 Å². The van der Waals surface area contributed by atoms with Crippen LogP contribution >= 0.6 is 0 Å². The van der Waals surface area contributed by atoms with Crippen molar-refractivity contribution in [3.63, 3.8) is 0 Å². The van der Waals surface area contributed by atoms with Crippen molar-refractivity contribution in [2.75, 3.05) is 26.4 Å². The first-order chi connectivity index (χ1) is 12.2. The summed E-state index contributed by atoms with van der Waals surface area (Å²) in [6, 6.07) is 5.40. The normalized spacial score (nSPS) is 16.5. The number of nitrogens with one attached hydrogen (secondary N) is 2. The Bertz CT molecular complexity index is 620. The fourth-order valence-electron chi connectivity index (χ4n) is 3.04. The van der Waals surface area contributed by atoms with E-state index in [1.165, 1.54) is 0 Å². The third-order valence-corrected chi connectivity index (χ3v) is 4.45. The van der Waals surface area contributed by atoms with E-state index < -0.39 is 0 Å². The molecule has 0 saturated carbocycles. The quantitative estimate of drug-likeness (QED) is 0.772. The van der Waals surface area contributed by atoms with E-state index in [0.29, 0.717) is 31.8 Å². The Morgan fingerprint density at radius 2 is 2.00 bits per heavy atom. The van der Waals surface area contributed by atoms with Crippen LogP contribution in [0.25, 0.3) is 0 Å². The molecular weight excluding hydrogens is 322 g/mol. The highest BCUT2D eigenvalue weighted by Crippen LogP contribution is 2.32. The topological polar surface area (TPSA) is 79.9 Å². The lowest BCUT2D eigenvalue weighted by molar-refractivity contribution is -0.130. The van der Waals surface area contributed by atoms with E-state index >= 15 is 0 Å². The van der Waals surface area contributed by atoms with Gasteiger partial charge in [-0.15, -0.1) is 0 Å². The van der Waals surface area contributed by atoms with Crippen molar-refractivity contribution in [3.05, 3.63) is 23.8 Å². The second kappa shape index (κ2) is 8.60. The maximum absolute atomic E-state index is 11.9. The molecule has 3 amide bonds. The Hall–Kier alpha value is -2.44. The summed E-state index contributed by atoms with van der Waals surface area (Å²) in [6.07, 6.45) is 4.63. The third kappa shape index (κ3) is 5.01. The number of likely N-dealkylation sites (tertiary alicyclic amines) is 1. The van der Waals surface area contributed by atoms with Crippen molar-refractivity contribution in [2.45, 2.75) is 38.6 Å². The number of benzene rings is 1. The zero-order valence-corrected chi connectivity index (χ0v) is 14.4. The molecule has 2 N–H and O–H groups in total. The standard InChI is InChI=1S/C18H25N3O4/c22-17-5-2-1-3-9-21(17)10-4-8-19-18(23)20-12-14-6-7-15-16(11-14)25-13-24-15/h6-7,11H,1-5,8-10,12-13H2,(H2,19,20,23). The minimum atomic E-state index is -0.208. The summed E-state index contributed by atoms with van der Waals surface area (Å²) in [5, 5.41) is 5.65. The van der Waals surface area contributed by atoms with Gasteiger partial charge in [0, 0.05) is 32.6 Å². The molecule has 7 nitrogen and oxygen atoms in total. The van der Waals surface area contributed by atoms with Crippen LogP contribution < -0.4 is 20.1 Å². The maximum Gasteiger partial charge on any atom is 0.315 e. The highest BCUT2D eigenvalue weighted by molar-refractivity contribution is 5.76. The molecule has 25 heavy (non-hydrogen) atoms. The molecule has 2 aliphatic rings. The lowest BCUT2D eigenvalue weighted by atomic mass is 10.2. The Labute approximate surface area is 147 Å². The molecule has 136 valence electrons. The predicted octanol–water partition coefficient (Wildman–Crippen LogP) is 2.01. The fraction of sp³-hybridized carbons (Fsp3) is 0.556. The van der Waals surface area contributed by atoms with Crippen molar-refractivity contribution in [1.29, 1.82) is 0 Å². The summed E-state index contributed by atoms with van der Waals surface area (Å²) in [5.74, 6) is 1.68. The third-order valence-electron chi connectivity index (χ3n) is 4.45. The van der Waals surface area contributed by atoms with Gasteiger partial charge < -0.3 is 25.0 Å². The molecule has 0 atom stereocenters. The molecule has 3 rings (SSSR count). The Kier molecular flexibility index (Phi) is 5.98. The number of fused-ring (bicyclic) bond motifs is 1. The van der Waals surface area contributed by atoms with Crippen LogP contribution in [0.1, 0.15) is 37.7 Å². The average Bonchev–Trinajstić information content (AvgIpc) is 2.99. The second-order valence-corrected chi connectivity index (χ2v) is 6.34. The molecule has 1 fully saturated rings. The molecular formula is C18H25N3O4. The number of urea groups is 1. The number of carbonyl (C=O) groups excluding carboxylic acids is 2. The summed E-state index contributed by atoms with van der Waals surface area (Å²) in [6.45, 7) is 2.77. The second-order valence-electron chi connectivity index (χ2n) is 6.34. The molecule has 1 aromatic carbocycles. The molecule has 7 heteroatoms. The van der Waals surface area contributed by atoms with Crippen LogP contribution in [0.15, 0.2) is 18.2 Å². The van der Waals surface area contributed by atoms with E-state index in [-0.39, 0.29) is 18.7 Å². The molecule has 0 spiro atoms. The van der Waals surface area contributed by atoms with Gasteiger partial charge in [0.15, 0.2) is 11.5 Å². The monoisotopic (exact) mass is 347 g/mol. The van der Waals surface area contributed by atoms with Gasteiger partial charge in [-0.25, -0.2) is 4.79 Å². The largest absolute Gasteiger partial charge is 0.454 e. The predicted molar refractivity (Wildman–Crippen MR) is 92.5 cm³/mol. The van der Waals surface area contributed by atoms with E-state index in [0.717, 1.165) is 43.5 Å². The highest BCUT2D eigenvalue weighted by atomic mass is 16.7. The van der Waals surface area contributed by atoms with Crippen molar-refractivity contribution >= 4 is 11.9 Å². The van der Waals surface area contributed by atoms with E-state index in [2.05, 4.69) is 10.6 Å². The number of hydrogen-bond acceptors (Lipinski definition) is 4. The first-order valence-corrected chi connectivity index (χ1v) is 8.90. The number of carbonyl (C=O) groups is 2. The average molecular weight is 347 g/mol. The summed E-state index contributed by atoms with van der Waals surface area (Å²) in [4.78, 5) is 25.7. The first-order valence-electron chi connectivity index (χ1n) is 8.90. The zero-order valence-electron chi connectivity index (χ0n) is 14.4. The number of nitrogens with zero attached hydrogens (tertiary/aromatic N) is 1. The Balaban J connectivity index is 1.32. The summed E-state index contributed by atoms with van der Waals surface area (Å²) < 4.78 is 10.6. The molecule has 2 aliphatic heterocycles. The number of rotatable bonds is 6.